The number of hydrogen-bond acceptors (Lipinski definition) is 1. The van der Waals surface area contributed by atoms with Crippen LogP contribution in [0.4, 0.5) is 0 Å². The van der Waals surface area contributed by atoms with Gasteiger partial charge in [-0.3, -0.25) is 0 Å². The molecule has 0 aromatic heterocycles. The van der Waals surface area contributed by atoms with E-state index in [-0.39, 0.29) is 0 Å². The van der Waals surface area contributed by atoms with Crippen molar-refractivity contribution in [2.75, 3.05) is 0 Å². The molecule has 0 aliphatic rings. The van der Waals surface area contributed by atoms with Gasteiger partial charge in [-0.1, -0.05) is 0 Å². The molecule has 2 N–H and O–H groups in total. The zero-order chi connectivity index (χ0) is 16.0. The van der Waals surface area contributed by atoms with E-state index in [1.165, 1.54) is 8.70 Å². The van der Waals surface area contributed by atoms with Crippen LogP contribution in [0.1, 0.15) is 0 Å². The van der Waals surface area contributed by atoms with Crippen LogP contribution in [0.2, 0.25) is 11.4 Å². The van der Waals surface area contributed by atoms with Crippen molar-refractivity contribution < 1.29 is 15.5 Å². The molecule has 0 amide bonds. The minimum absolute atomic E-state index is 1.15. The molecule has 0 aliphatic heterocycles. The van der Waals surface area contributed by atoms with Gasteiger partial charge in [-0.15, -0.1) is 0 Å². The first kappa shape index (κ1) is 18.2. The summed E-state index contributed by atoms with van der Waals surface area (Å²) in [6, 6.07) is 17.5. The molecule has 21 heavy (non-hydrogen) atoms. The van der Waals surface area contributed by atoms with Crippen molar-refractivity contribution in [1.29, 1.82) is 0 Å². The molecule has 0 unspecified atom stereocenters. The maximum atomic E-state index is 8.47. The quantitative estimate of drug-likeness (QED) is 0.510. The SMILES string of the molecule is C[As+](C)(c1ccc(Br)cc1)c1ccc(Br)cc1.O=[N+](O)O. The second-order valence-electron chi connectivity index (χ2n) is 4.66. The van der Waals surface area contributed by atoms with Crippen molar-refractivity contribution in [3.8, 4) is 0 Å². The van der Waals surface area contributed by atoms with Gasteiger partial charge in [-0.2, -0.15) is 0 Å². The molecule has 0 saturated carbocycles. The predicted octanol–water partition coefficient (Wildman–Crippen LogP) is 3.58. The van der Waals surface area contributed by atoms with Gasteiger partial charge in [0.05, 0.1) is 0 Å². The van der Waals surface area contributed by atoms with Gasteiger partial charge >= 0.3 is 128 Å². The Kier molecular flexibility index (Phi) is 6.91. The molecule has 2 aromatic rings. The third kappa shape index (κ3) is 5.81. The number of hydrogen-bond donors (Lipinski definition) is 2. The maximum absolute atomic E-state index is 8.47. The van der Waals surface area contributed by atoms with Crippen molar-refractivity contribution in [1.82, 2.24) is 0 Å². The van der Waals surface area contributed by atoms with Crippen LogP contribution in [-0.2, 0) is 0 Å². The topological polar surface area (TPSA) is 60.5 Å². The fraction of sp³-hybridized carbons (Fsp3) is 0.143. The van der Waals surface area contributed by atoms with Gasteiger partial charge in [0.2, 0.25) is 0 Å². The number of halogens is 2. The average molecular weight is 481 g/mol. The van der Waals surface area contributed by atoms with Crippen LogP contribution in [-0.4, -0.2) is 29.1 Å². The molecule has 0 heterocycles. The predicted molar refractivity (Wildman–Crippen MR) is 92.2 cm³/mol. The van der Waals surface area contributed by atoms with Gasteiger partial charge in [0, 0.05) is 0 Å². The Bertz CT molecular complexity index is 549. The summed E-state index contributed by atoms with van der Waals surface area (Å²) in [5, 5.41) is 12.5. The van der Waals surface area contributed by atoms with E-state index >= 15 is 0 Å². The molecular formula is C14H16AsBr2NO3+2. The Labute approximate surface area is 143 Å². The van der Waals surface area contributed by atoms with Gasteiger partial charge in [-0.25, -0.2) is 10.4 Å². The van der Waals surface area contributed by atoms with E-state index in [0.717, 1.165) is 8.95 Å². The Morgan fingerprint density at radius 1 is 0.810 bits per heavy atom. The largest absolute Gasteiger partial charge is 0.472 e. The summed E-state index contributed by atoms with van der Waals surface area (Å²) < 4.78 is 5.28. The first-order valence-electron chi connectivity index (χ1n) is 5.94. The molecule has 112 valence electrons. The minimum atomic E-state index is -1.92. The van der Waals surface area contributed by atoms with Crippen LogP contribution in [0, 0.1) is 4.91 Å². The third-order valence-electron chi connectivity index (χ3n) is 2.94. The standard InChI is InChI=1S/C14H14AsBr2.H2NO3/c1-15(2,11-3-7-13(16)8-4-11)12-5-9-14(17)10-6-12;2-1(3)4/h3-10H,1-2H3;(H2,2,3,4)/q2*+1. The van der Waals surface area contributed by atoms with Crippen LogP contribution >= 0.6 is 31.9 Å². The van der Waals surface area contributed by atoms with Crippen molar-refractivity contribution in [3.05, 3.63) is 62.4 Å². The maximum Gasteiger partial charge on any atom is 0.472 e. The Morgan fingerprint density at radius 2 is 1.05 bits per heavy atom. The fourth-order valence-electron chi connectivity index (χ4n) is 1.78. The van der Waals surface area contributed by atoms with E-state index in [2.05, 4.69) is 91.8 Å². The van der Waals surface area contributed by atoms with Crippen molar-refractivity contribution >= 4 is 54.1 Å². The molecule has 4 nitrogen and oxygen atoms in total. The molecule has 0 bridgehead atoms. The molecule has 2 rings (SSSR count). The van der Waals surface area contributed by atoms with E-state index in [1.807, 2.05) is 0 Å². The molecule has 2 aromatic carbocycles. The molecule has 0 aliphatic carbocycles. The number of benzene rings is 2. The second kappa shape index (κ2) is 7.97. The number of nitrogens with zero attached hydrogens (tertiary/aromatic N) is 1. The summed E-state index contributed by atoms with van der Waals surface area (Å²) in [5.41, 5.74) is 4.84. The second-order valence-corrected chi connectivity index (χ2v) is 14.8. The summed E-state index contributed by atoms with van der Waals surface area (Å²) in [6.45, 7) is 0. The van der Waals surface area contributed by atoms with Gasteiger partial charge in [-0.05, 0) is 0 Å². The molecule has 0 radical (unpaired) electrons. The van der Waals surface area contributed by atoms with Crippen molar-refractivity contribution in [2.45, 2.75) is 11.4 Å². The van der Waals surface area contributed by atoms with Gasteiger partial charge in [0.1, 0.15) is 4.91 Å². The summed E-state index contributed by atoms with van der Waals surface area (Å²) in [5.74, 6) is 0. The van der Waals surface area contributed by atoms with Crippen LogP contribution < -0.4 is 8.70 Å². The Hall–Kier alpha value is -0.842. The first-order valence-corrected chi connectivity index (χ1v) is 13.2. The fourth-order valence-corrected chi connectivity index (χ4v) is 6.68. The molecule has 0 atom stereocenters. The van der Waals surface area contributed by atoms with Crippen molar-refractivity contribution in [2.24, 2.45) is 0 Å². The summed E-state index contributed by atoms with van der Waals surface area (Å²) in [4.78, 5) is 8.47. The average Bonchev–Trinajstić information content (AvgIpc) is 2.39. The van der Waals surface area contributed by atoms with Crippen LogP contribution in [0.15, 0.2) is 57.5 Å². The van der Waals surface area contributed by atoms with Gasteiger partial charge in [0.15, 0.2) is 0 Å². The molecule has 0 spiro atoms. The Balaban J connectivity index is 0.000000491. The van der Waals surface area contributed by atoms with Gasteiger partial charge < -0.3 is 0 Å². The van der Waals surface area contributed by atoms with E-state index < -0.39 is 18.6 Å². The van der Waals surface area contributed by atoms with Crippen molar-refractivity contribution in [3.63, 3.8) is 0 Å². The molecular weight excluding hydrogens is 465 g/mol. The summed E-state index contributed by atoms with van der Waals surface area (Å²) in [6.07, 6.45) is 0. The van der Waals surface area contributed by atoms with Crippen LogP contribution in [0.25, 0.3) is 0 Å². The molecule has 0 fully saturated rings. The smallest absolute Gasteiger partial charge is 0.201 e. The van der Waals surface area contributed by atoms with E-state index in [9.17, 15) is 0 Å². The summed E-state index contributed by atoms with van der Waals surface area (Å²) in [7, 11) is 0. The van der Waals surface area contributed by atoms with Crippen LogP contribution in [0.5, 0.6) is 0 Å². The van der Waals surface area contributed by atoms with Gasteiger partial charge in [0.25, 0.3) is 0 Å². The molecule has 7 heteroatoms. The minimum Gasteiger partial charge on any atom is -0.201 e. The zero-order valence-electron chi connectivity index (χ0n) is 11.6. The monoisotopic (exact) mass is 479 g/mol. The third-order valence-corrected chi connectivity index (χ3v) is 10.7. The zero-order valence-corrected chi connectivity index (χ0v) is 16.6. The Morgan fingerprint density at radius 3 is 1.29 bits per heavy atom. The summed E-state index contributed by atoms with van der Waals surface area (Å²) >= 11 is 5.07. The van der Waals surface area contributed by atoms with E-state index in [4.69, 9.17) is 15.3 Å². The normalized spacial score (nSPS) is 10.5. The van der Waals surface area contributed by atoms with Crippen LogP contribution in [0.3, 0.4) is 0 Å². The molecule has 0 saturated heterocycles. The van der Waals surface area contributed by atoms with E-state index in [0.29, 0.717) is 0 Å². The number of rotatable bonds is 2. The first-order chi connectivity index (χ1) is 9.73. The van der Waals surface area contributed by atoms with E-state index in [1.54, 1.807) is 0 Å².